The highest BCUT2D eigenvalue weighted by atomic mass is 19.1. The van der Waals surface area contributed by atoms with Gasteiger partial charge >= 0.3 is 0 Å². The molecule has 1 aromatic rings. The smallest absolute Gasteiger partial charge is 0.221 e. The molecule has 1 radical (unpaired) electrons. The van der Waals surface area contributed by atoms with Crippen LogP contribution in [0.2, 0.25) is 0 Å². The van der Waals surface area contributed by atoms with Crippen molar-refractivity contribution in [2.24, 2.45) is 0 Å². The average Bonchev–Trinajstić information content (AvgIpc) is 1.80. The summed E-state index contributed by atoms with van der Waals surface area (Å²) in [4.78, 5) is 3.04. The summed E-state index contributed by atoms with van der Waals surface area (Å²) in [7, 11) is 0. The molecule has 0 saturated carbocycles. The highest BCUT2D eigenvalue weighted by molar-refractivity contribution is 5.08. The molecule has 3 heteroatoms. The molecule has 0 fully saturated rings. The lowest BCUT2D eigenvalue weighted by Crippen LogP contribution is -1.88. The van der Waals surface area contributed by atoms with Crippen molar-refractivity contribution in [2.75, 3.05) is 0 Å². The molecular formula is C6H4F2N. The molecule has 0 amide bonds. The maximum absolute atomic E-state index is 12.2. The van der Waals surface area contributed by atoms with E-state index in [1.54, 1.807) is 0 Å². The highest BCUT2D eigenvalue weighted by Gasteiger charge is 1.97. The van der Waals surface area contributed by atoms with Gasteiger partial charge in [0.1, 0.15) is 5.82 Å². The third-order valence-electron chi connectivity index (χ3n) is 0.940. The maximum atomic E-state index is 12.2. The second-order valence-electron chi connectivity index (χ2n) is 1.65. The number of nitrogens with zero attached hydrogens (tertiary/aromatic N) is 1. The van der Waals surface area contributed by atoms with Gasteiger partial charge in [-0.3, -0.25) is 0 Å². The molecule has 0 aromatic carbocycles. The van der Waals surface area contributed by atoms with Crippen molar-refractivity contribution in [3.63, 3.8) is 0 Å². The Bertz CT molecular complexity index is 222. The lowest BCUT2D eigenvalue weighted by Gasteiger charge is -1.90. The highest BCUT2D eigenvalue weighted by Crippen LogP contribution is 2.02. The van der Waals surface area contributed by atoms with Gasteiger partial charge in [-0.1, -0.05) is 0 Å². The summed E-state index contributed by atoms with van der Waals surface area (Å²) in [6.07, 6.45) is 0.834. The average molecular weight is 128 g/mol. The monoisotopic (exact) mass is 128 g/mol. The van der Waals surface area contributed by atoms with E-state index < -0.39 is 11.8 Å². The molecule has 0 unspecified atom stereocenters. The fourth-order valence-corrected chi connectivity index (χ4v) is 0.457. The zero-order valence-electron chi connectivity index (χ0n) is 4.78. The molecule has 0 aliphatic rings. The van der Waals surface area contributed by atoms with Gasteiger partial charge in [0, 0.05) is 6.07 Å². The first-order valence-electron chi connectivity index (χ1n) is 2.40. The van der Waals surface area contributed by atoms with Gasteiger partial charge in [-0.05, 0) is 12.5 Å². The first-order valence-corrected chi connectivity index (χ1v) is 2.40. The molecular weight excluding hydrogens is 124 g/mol. The number of rotatable bonds is 0. The second kappa shape index (κ2) is 2.09. The predicted octanol–water partition coefficient (Wildman–Crippen LogP) is 1.47. The van der Waals surface area contributed by atoms with E-state index in [2.05, 4.69) is 11.1 Å². The summed E-state index contributed by atoms with van der Waals surface area (Å²) in [6, 6.07) is 2.09. The van der Waals surface area contributed by atoms with Gasteiger partial charge in [0.2, 0.25) is 5.95 Å². The van der Waals surface area contributed by atoms with Gasteiger partial charge < -0.3 is 0 Å². The third kappa shape index (κ3) is 1.22. The summed E-state index contributed by atoms with van der Waals surface area (Å²) in [5, 5.41) is 0. The van der Waals surface area contributed by atoms with Crippen LogP contribution in [0.15, 0.2) is 6.20 Å². The van der Waals surface area contributed by atoms with Crippen LogP contribution < -0.4 is 0 Å². The van der Waals surface area contributed by atoms with Gasteiger partial charge in [0.05, 0.1) is 6.20 Å². The molecule has 47 valence electrons. The Balaban J connectivity index is 3.17. The van der Waals surface area contributed by atoms with Gasteiger partial charge in [0.15, 0.2) is 0 Å². The minimum atomic E-state index is -0.770. The molecule has 0 saturated heterocycles. The lowest BCUT2D eigenvalue weighted by molar-refractivity contribution is 0.552. The van der Waals surface area contributed by atoms with Gasteiger partial charge in [-0.25, -0.2) is 9.37 Å². The Labute approximate surface area is 51.3 Å². The Morgan fingerprint density at radius 3 is 2.67 bits per heavy atom. The second-order valence-corrected chi connectivity index (χ2v) is 1.65. The molecule has 0 spiro atoms. The molecule has 0 bridgehead atoms. The van der Waals surface area contributed by atoms with Crippen molar-refractivity contribution in [1.29, 1.82) is 0 Å². The minimum absolute atomic E-state index is 0.155. The minimum Gasteiger partial charge on any atom is -0.225 e. The molecule has 1 nitrogen and oxygen atoms in total. The summed E-state index contributed by atoms with van der Waals surface area (Å²) in [6.45, 7) is 1.43. The van der Waals surface area contributed by atoms with Gasteiger partial charge in [-0.2, -0.15) is 4.39 Å². The molecule has 1 rings (SSSR count). The van der Waals surface area contributed by atoms with Crippen LogP contribution >= 0.6 is 0 Å². The summed E-state index contributed by atoms with van der Waals surface area (Å²) in [5.41, 5.74) is 0.155. The molecule has 0 atom stereocenters. The van der Waals surface area contributed by atoms with E-state index in [0.717, 1.165) is 6.20 Å². The first kappa shape index (κ1) is 6.13. The number of aryl methyl sites for hydroxylation is 1. The predicted molar refractivity (Wildman–Crippen MR) is 27.7 cm³/mol. The number of hydrogen-bond donors (Lipinski definition) is 0. The topological polar surface area (TPSA) is 12.9 Å². The Kier molecular flexibility index (Phi) is 1.42. The SMILES string of the molecule is Cc1[c]c(F)ncc1F. The van der Waals surface area contributed by atoms with Crippen LogP contribution in [0.5, 0.6) is 0 Å². The Morgan fingerprint density at radius 2 is 2.22 bits per heavy atom. The maximum Gasteiger partial charge on any atom is 0.221 e. The summed E-state index contributed by atoms with van der Waals surface area (Å²) < 4.78 is 24.3. The number of aromatic nitrogens is 1. The van der Waals surface area contributed by atoms with Crippen LogP contribution in [-0.4, -0.2) is 4.98 Å². The van der Waals surface area contributed by atoms with Crippen molar-refractivity contribution in [3.8, 4) is 0 Å². The molecule has 0 N–H and O–H groups in total. The van der Waals surface area contributed by atoms with Crippen LogP contribution in [0, 0.1) is 24.8 Å². The van der Waals surface area contributed by atoms with Crippen molar-refractivity contribution < 1.29 is 8.78 Å². The Hall–Kier alpha value is -0.990. The fraction of sp³-hybridized carbons (Fsp3) is 0.167. The van der Waals surface area contributed by atoms with Crippen LogP contribution in [0.4, 0.5) is 8.78 Å². The van der Waals surface area contributed by atoms with Crippen molar-refractivity contribution in [3.05, 3.63) is 29.6 Å². The van der Waals surface area contributed by atoms with Crippen LogP contribution in [-0.2, 0) is 0 Å². The zero-order chi connectivity index (χ0) is 6.85. The summed E-state index contributed by atoms with van der Waals surface area (Å²) in [5.74, 6) is -1.30. The van der Waals surface area contributed by atoms with E-state index >= 15 is 0 Å². The molecule has 0 aliphatic carbocycles. The third-order valence-corrected chi connectivity index (χ3v) is 0.940. The van der Waals surface area contributed by atoms with E-state index in [0.29, 0.717) is 0 Å². The first-order chi connectivity index (χ1) is 4.20. The molecule has 1 aromatic heterocycles. The van der Waals surface area contributed by atoms with Crippen LogP contribution in [0.1, 0.15) is 5.56 Å². The van der Waals surface area contributed by atoms with Gasteiger partial charge in [0.25, 0.3) is 0 Å². The zero-order valence-corrected chi connectivity index (χ0v) is 4.78. The molecule has 0 aliphatic heterocycles. The summed E-state index contributed by atoms with van der Waals surface area (Å²) >= 11 is 0. The van der Waals surface area contributed by atoms with E-state index in [1.165, 1.54) is 6.92 Å². The fourth-order valence-electron chi connectivity index (χ4n) is 0.457. The molecule has 1 heterocycles. The largest absolute Gasteiger partial charge is 0.225 e. The lowest BCUT2D eigenvalue weighted by atomic mass is 10.3. The van der Waals surface area contributed by atoms with E-state index in [4.69, 9.17) is 0 Å². The normalized spacial score (nSPS) is 9.67. The quantitative estimate of drug-likeness (QED) is 0.482. The van der Waals surface area contributed by atoms with Crippen LogP contribution in [0.25, 0.3) is 0 Å². The van der Waals surface area contributed by atoms with Crippen LogP contribution in [0.3, 0.4) is 0 Å². The van der Waals surface area contributed by atoms with E-state index in [-0.39, 0.29) is 5.56 Å². The molecule has 9 heavy (non-hydrogen) atoms. The van der Waals surface area contributed by atoms with Crippen molar-refractivity contribution >= 4 is 0 Å². The number of hydrogen-bond acceptors (Lipinski definition) is 1. The van der Waals surface area contributed by atoms with E-state index in [1.807, 2.05) is 0 Å². The van der Waals surface area contributed by atoms with Gasteiger partial charge in [-0.15, -0.1) is 0 Å². The van der Waals surface area contributed by atoms with Crippen molar-refractivity contribution in [1.82, 2.24) is 4.98 Å². The number of halogens is 2. The Morgan fingerprint density at radius 1 is 1.56 bits per heavy atom. The van der Waals surface area contributed by atoms with E-state index in [9.17, 15) is 8.78 Å². The number of pyridine rings is 1. The van der Waals surface area contributed by atoms with Crippen molar-refractivity contribution in [2.45, 2.75) is 6.92 Å². The standard InChI is InChI=1S/C6H4F2N/c1-4-2-6(8)9-3-5(4)7/h3H,1H3.